The van der Waals surface area contributed by atoms with Crippen LogP contribution in [0, 0.1) is 0 Å². The van der Waals surface area contributed by atoms with Crippen LogP contribution in [0.15, 0.2) is 27.6 Å². The van der Waals surface area contributed by atoms with Crippen LogP contribution < -0.4 is 5.56 Å². The van der Waals surface area contributed by atoms with E-state index in [1.165, 1.54) is 0 Å². The molecule has 0 N–H and O–H groups in total. The third-order valence-electron chi connectivity index (χ3n) is 1.46. The van der Waals surface area contributed by atoms with E-state index in [0.717, 1.165) is 4.47 Å². The third-order valence-corrected chi connectivity index (χ3v) is 1.93. The first-order valence-corrected chi connectivity index (χ1v) is 4.28. The Morgan fingerprint density at radius 1 is 1.45 bits per heavy atom. The highest BCUT2D eigenvalue weighted by atomic mass is 79.9. The molecule has 1 aromatic heterocycles. The molecule has 0 amide bonds. The van der Waals surface area contributed by atoms with Gasteiger partial charge in [-0.05, 0) is 35.8 Å². The van der Waals surface area contributed by atoms with Crippen molar-refractivity contribution < 1.29 is 0 Å². The molecule has 11 heavy (non-hydrogen) atoms. The summed E-state index contributed by atoms with van der Waals surface area (Å²) in [6, 6.07) is 3.53. The lowest BCUT2D eigenvalue weighted by Gasteiger charge is -2.08. The normalized spacial score (nSPS) is 10.5. The number of rotatable bonds is 1. The lowest BCUT2D eigenvalue weighted by molar-refractivity contribution is 0.577. The first kappa shape index (κ1) is 8.53. The Kier molecular flexibility index (Phi) is 2.49. The molecule has 0 bridgehead atoms. The molecule has 0 saturated heterocycles. The molecule has 0 atom stereocenters. The second-order valence-corrected chi connectivity index (χ2v) is 3.60. The zero-order valence-corrected chi connectivity index (χ0v) is 8.13. The molecular weight excluding hydrogens is 206 g/mol. The zero-order valence-electron chi connectivity index (χ0n) is 6.54. The van der Waals surface area contributed by atoms with E-state index < -0.39 is 0 Å². The summed E-state index contributed by atoms with van der Waals surface area (Å²) in [4.78, 5) is 11.2. The average molecular weight is 216 g/mol. The summed E-state index contributed by atoms with van der Waals surface area (Å²) in [7, 11) is 0. The maximum Gasteiger partial charge on any atom is 0.250 e. The van der Waals surface area contributed by atoms with Crippen LogP contribution in [0.2, 0.25) is 0 Å². The van der Waals surface area contributed by atoms with Crippen molar-refractivity contribution in [3.63, 3.8) is 0 Å². The van der Waals surface area contributed by atoms with Gasteiger partial charge >= 0.3 is 0 Å². The molecule has 0 fully saturated rings. The molecule has 0 radical (unpaired) electrons. The predicted octanol–water partition coefficient (Wildman–Crippen LogP) is 2.19. The van der Waals surface area contributed by atoms with Crippen LogP contribution in [0.5, 0.6) is 0 Å². The monoisotopic (exact) mass is 215 g/mol. The van der Waals surface area contributed by atoms with Crippen molar-refractivity contribution >= 4 is 15.9 Å². The van der Waals surface area contributed by atoms with Crippen LogP contribution in [0.1, 0.15) is 19.9 Å². The molecule has 0 aliphatic rings. The smallest absolute Gasteiger partial charge is 0.250 e. The Morgan fingerprint density at radius 3 is 2.55 bits per heavy atom. The molecule has 1 rings (SSSR count). The van der Waals surface area contributed by atoms with E-state index in [0.29, 0.717) is 0 Å². The van der Waals surface area contributed by atoms with Crippen molar-refractivity contribution in [2.75, 3.05) is 0 Å². The summed E-state index contributed by atoms with van der Waals surface area (Å²) >= 11 is 3.30. The second-order valence-electron chi connectivity index (χ2n) is 2.69. The highest BCUT2D eigenvalue weighted by Crippen LogP contribution is 2.08. The van der Waals surface area contributed by atoms with Gasteiger partial charge in [-0.1, -0.05) is 0 Å². The van der Waals surface area contributed by atoms with Gasteiger partial charge in [0.15, 0.2) is 0 Å². The van der Waals surface area contributed by atoms with E-state index in [1.807, 2.05) is 13.8 Å². The topological polar surface area (TPSA) is 22.0 Å². The summed E-state index contributed by atoms with van der Waals surface area (Å²) in [5.74, 6) is 0. The lowest BCUT2D eigenvalue weighted by atomic mass is 10.3. The molecule has 0 aliphatic carbocycles. The van der Waals surface area contributed by atoms with Crippen LogP contribution in [-0.2, 0) is 0 Å². The first-order valence-electron chi connectivity index (χ1n) is 3.49. The molecule has 1 heterocycles. The molecular formula is C8H10BrNO. The van der Waals surface area contributed by atoms with E-state index >= 15 is 0 Å². The van der Waals surface area contributed by atoms with Crippen molar-refractivity contribution in [1.82, 2.24) is 4.57 Å². The van der Waals surface area contributed by atoms with E-state index in [9.17, 15) is 4.79 Å². The van der Waals surface area contributed by atoms with Gasteiger partial charge in [-0.2, -0.15) is 0 Å². The summed E-state index contributed by atoms with van der Waals surface area (Å²) in [6.07, 6.45) is 1.80. The fourth-order valence-electron chi connectivity index (χ4n) is 0.880. The maximum atomic E-state index is 11.2. The Hall–Kier alpha value is -0.570. The number of aromatic nitrogens is 1. The molecule has 0 aromatic carbocycles. The SMILES string of the molecule is CC(C)n1cc(Br)ccc1=O. The van der Waals surface area contributed by atoms with Crippen LogP contribution in [0.3, 0.4) is 0 Å². The fraction of sp³-hybridized carbons (Fsp3) is 0.375. The molecule has 0 aliphatic heterocycles. The van der Waals surface area contributed by atoms with Gasteiger partial charge in [0.25, 0.3) is 5.56 Å². The average Bonchev–Trinajstić information content (AvgIpc) is 1.94. The molecule has 2 nitrogen and oxygen atoms in total. The Bertz CT molecular complexity index is 303. The highest BCUT2D eigenvalue weighted by Gasteiger charge is 1.99. The van der Waals surface area contributed by atoms with E-state index in [2.05, 4.69) is 15.9 Å². The van der Waals surface area contributed by atoms with Gasteiger partial charge < -0.3 is 4.57 Å². The number of hydrogen-bond acceptors (Lipinski definition) is 1. The van der Waals surface area contributed by atoms with Crippen molar-refractivity contribution in [1.29, 1.82) is 0 Å². The van der Waals surface area contributed by atoms with E-state index in [-0.39, 0.29) is 11.6 Å². The highest BCUT2D eigenvalue weighted by molar-refractivity contribution is 9.10. The maximum absolute atomic E-state index is 11.2. The largest absolute Gasteiger partial charge is 0.312 e. The Morgan fingerprint density at radius 2 is 2.09 bits per heavy atom. The van der Waals surface area contributed by atoms with Crippen molar-refractivity contribution in [3.05, 3.63) is 33.2 Å². The van der Waals surface area contributed by atoms with Crippen LogP contribution in [0.25, 0.3) is 0 Å². The summed E-state index contributed by atoms with van der Waals surface area (Å²) in [6.45, 7) is 3.96. The summed E-state index contributed by atoms with van der Waals surface area (Å²) in [5.41, 5.74) is 0.0446. The van der Waals surface area contributed by atoms with Crippen molar-refractivity contribution in [3.8, 4) is 0 Å². The number of pyridine rings is 1. The summed E-state index contributed by atoms with van der Waals surface area (Å²) in [5, 5.41) is 0. The van der Waals surface area contributed by atoms with Gasteiger partial charge in [-0.25, -0.2) is 0 Å². The Labute approximate surface area is 74.0 Å². The van der Waals surface area contributed by atoms with E-state index in [4.69, 9.17) is 0 Å². The molecule has 1 aromatic rings. The second kappa shape index (κ2) is 3.22. The van der Waals surface area contributed by atoms with Crippen LogP contribution >= 0.6 is 15.9 Å². The summed E-state index contributed by atoms with van der Waals surface area (Å²) < 4.78 is 2.62. The molecule has 0 saturated carbocycles. The minimum absolute atomic E-state index is 0.0446. The minimum atomic E-state index is 0.0446. The Balaban J connectivity index is 3.24. The zero-order chi connectivity index (χ0) is 8.43. The van der Waals surface area contributed by atoms with Gasteiger partial charge in [0.1, 0.15) is 0 Å². The van der Waals surface area contributed by atoms with Crippen molar-refractivity contribution in [2.45, 2.75) is 19.9 Å². The predicted molar refractivity (Wildman–Crippen MR) is 48.8 cm³/mol. The van der Waals surface area contributed by atoms with E-state index in [1.54, 1.807) is 22.9 Å². The van der Waals surface area contributed by atoms with Gasteiger partial charge in [0.2, 0.25) is 0 Å². The standard InChI is InChI=1S/C8H10BrNO/c1-6(2)10-5-7(9)3-4-8(10)11/h3-6H,1-2H3. The van der Waals surface area contributed by atoms with Gasteiger partial charge in [-0.3, -0.25) is 4.79 Å². The number of nitrogens with zero attached hydrogens (tertiary/aromatic N) is 1. The van der Waals surface area contributed by atoms with Gasteiger partial charge in [0.05, 0.1) is 0 Å². The lowest BCUT2D eigenvalue weighted by Crippen LogP contribution is -2.19. The molecule has 0 unspecified atom stereocenters. The minimum Gasteiger partial charge on any atom is -0.312 e. The first-order chi connectivity index (χ1) is 5.11. The van der Waals surface area contributed by atoms with Crippen molar-refractivity contribution in [2.24, 2.45) is 0 Å². The van der Waals surface area contributed by atoms with Crippen LogP contribution in [-0.4, -0.2) is 4.57 Å². The molecule has 3 heteroatoms. The number of hydrogen-bond donors (Lipinski definition) is 0. The molecule has 0 spiro atoms. The quantitative estimate of drug-likeness (QED) is 0.705. The molecule has 60 valence electrons. The fourth-order valence-corrected chi connectivity index (χ4v) is 1.23. The van der Waals surface area contributed by atoms with Gasteiger partial charge in [0, 0.05) is 22.8 Å². The van der Waals surface area contributed by atoms with Crippen LogP contribution in [0.4, 0.5) is 0 Å². The third kappa shape index (κ3) is 1.93. The van der Waals surface area contributed by atoms with Gasteiger partial charge in [-0.15, -0.1) is 0 Å². The number of halogens is 1.